The Labute approximate surface area is 182 Å². The Hall–Kier alpha value is -3.45. The summed E-state index contributed by atoms with van der Waals surface area (Å²) in [5, 5.41) is 3.22. The van der Waals surface area contributed by atoms with E-state index < -0.39 is 0 Å². The van der Waals surface area contributed by atoms with E-state index in [1.807, 2.05) is 0 Å². The summed E-state index contributed by atoms with van der Waals surface area (Å²) in [7, 11) is 3.74. The molecule has 1 aliphatic heterocycles. The molecule has 0 bridgehead atoms. The minimum absolute atomic E-state index is 0.134. The van der Waals surface area contributed by atoms with Gasteiger partial charge in [0.05, 0.1) is 12.7 Å². The van der Waals surface area contributed by atoms with Gasteiger partial charge < -0.3 is 19.9 Å². The van der Waals surface area contributed by atoms with Gasteiger partial charge in [-0.25, -0.2) is 9.97 Å². The van der Waals surface area contributed by atoms with E-state index in [0.717, 1.165) is 31.7 Å². The van der Waals surface area contributed by atoms with E-state index in [2.05, 4.69) is 56.4 Å². The lowest BCUT2D eigenvalue weighted by molar-refractivity contribution is 0.103. The fourth-order valence-electron chi connectivity index (χ4n) is 3.54. The predicted octanol–water partition coefficient (Wildman–Crippen LogP) is 3.08. The highest BCUT2D eigenvalue weighted by atomic mass is 16.5. The van der Waals surface area contributed by atoms with E-state index in [4.69, 9.17) is 4.74 Å². The lowest BCUT2D eigenvalue weighted by Gasteiger charge is -2.34. The zero-order valence-electron chi connectivity index (χ0n) is 17.9. The smallest absolute Gasteiger partial charge is 0.222 e. The monoisotopic (exact) mass is 417 g/mol. The number of benzene rings is 2. The van der Waals surface area contributed by atoms with Crippen LogP contribution in [0.25, 0.3) is 0 Å². The number of hydrogen-bond acceptors (Lipinski definition) is 7. The summed E-state index contributed by atoms with van der Waals surface area (Å²) in [5.41, 5.74) is 3.39. The Morgan fingerprint density at radius 3 is 2.39 bits per heavy atom. The van der Waals surface area contributed by atoms with Crippen molar-refractivity contribution < 1.29 is 9.53 Å². The maximum Gasteiger partial charge on any atom is 0.222 e. The molecular weight excluding hydrogens is 390 g/mol. The minimum atomic E-state index is -0.134. The second-order valence-electron chi connectivity index (χ2n) is 7.67. The first-order valence-electron chi connectivity index (χ1n) is 10.4. The quantitative estimate of drug-likeness (QED) is 0.593. The molecule has 1 aromatic heterocycles. The number of likely N-dealkylation sites (N-methyl/N-ethyl adjacent to an activating group) is 1. The van der Waals surface area contributed by atoms with Crippen LogP contribution < -0.4 is 15.0 Å². The van der Waals surface area contributed by atoms with Crippen molar-refractivity contribution in [3.8, 4) is 5.75 Å². The van der Waals surface area contributed by atoms with Gasteiger partial charge in [0, 0.05) is 56.4 Å². The third-order valence-electron chi connectivity index (χ3n) is 5.50. The first-order chi connectivity index (χ1) is 15.1. The molecule has 0 radical (unpaired) electrons. The second kappa shape index (κ2) is 9.57. The van der Waals surface area contributed by atoms with Crippen molar-refractivity contribution in [3.05, 3.63) is 77.6 Å². The molecule has 7 nitrogen and oxygen atoms in total. The van der Waals surface area contributed by atoms with Crippen molar-refractivity contribution in [2.75, 3.05) is 50.6 Å². The van der Waals surface area contributed by atoms with Crippen LogP contribution in [-0.2, 0) is 6.54 Å². The number of methoxy groups -OCH3 is 1. The molecule has 1 fully saturated rings. The lowest BCUT2D eigenvalue weighted by atomic mass is 10.1. The van der Waals surface area contributed by atoms with Crippen molar-refractivity contribution in [2.24, 2.45) is 0 Å². The van der Waals surface area contributed by atoms with Crippen molar-refractivity contribution in [2.45, 2.75) is 6.54 Å². The van der Waals surface area contributed by atoms with Gasteiger partial charge in [-0.05, 0) is 36.9 Å². The van der Waals surface area contributed by atoms with Crippen molar-refractivity contribution in [1.82, 2.24) is 14.9 Å². The first-order valence-corrected chi connectivity index (χ1v) is 10.4. The van der Waals surface area contributed by atoms with E-state index in [1.165, 1.54) is 5.69 Å². The predicted molar refractivity (Wildman–Crippen MR) is 122 cm³/mol. The number of piperazine rings is 1. The standard InChI is InChI=1S/C24H27N5O2/c1-28-10-12-29(13-11-28)21-8-6-18(7-9-21)15-25-24-26-16-20(17-27-24)23(30)19-4-3-5-22(14-19)31-2/h3-9,14,16-17H,10-13,15H2,1-2H3,(H,25,26,27). The largest absolute Gasteiger partial charge is 0.497 e. The van der Waals surface area contributed by atoms with Crippen LogP contribution in [0.4, 0.5) is 11.6 Å². The maximum atomic E-state index is 12.6. The molecule has 1 aliphatic rings. The van der Waals surface area contributed by atoms with Crippen LogP contribution in [0.3, 0.4) is 0 Å². The van der Waals surface area contributed by atoms with E-state index in [9.17, 15) is 4.79 Å². The number of ether oxygens (including phenoxy) is 1. The minimum Gasteiger partial charge on any atom is -0.497 e. The van der Waals surface area contributed by atoms with Gasteiger partial charge in [0.15, 0.2) is 5.78 Å². The van der Waals surface area contributed by atoms with Crippen molar-refractivity contribution >= 4 is 17.4 Å². The number of anilines is 2. The fraction of sp³-hybridized carbons (Fsp3) is 0.292. The van der Waals surface area contributed by atoms with Crippen LogP contribution in [-0.4, -0.2) is 61.0 Å². The molecule has 31 heavy (non-hydrogen) atoms. The maximum absolute atomic E-state index is 12.6. The Morgan fingerprint density at radius 1 is 1.00 bits per heavy atom. The molecule has 160 valence electrons. The average Bonchev–Trinajstić information content (AvgIpc) is 2.83. The SMILES string of the molecule is COc1cccc(C(=O)c2cnc(NCc3ccc(N4CCN(C)CC4)cc3)nc2)c1. The molecule has 7 heteroatoms. The molecule has 3 aromatic rings. The molecule has 1 saturated heterocycles. The average molecular weight is 418 g/mol. The van der Waals surface area contributed by atoms with Crippen LogP contribution in [0.2, 0.25) is 0 Å². The normalized spacial score (nSPS) is 14.3. The van der Waals surface area contributed by atoms with Crippen molar-refractivity contribution in [1.29, 1.82) is 0 Å². The molecular formula is C24H27N5O2. The summed E-state index contributed by atoms with van der Waals surface area (Å²) in [6.45, 7) is 4.92. The molecule has 0 atom stereocenters. The van der Waals surface area contributed by atoms with Crippen LogP contribution in [0.5, 0.6) is 5.75 Å². The summed E-state index contributed by atoms with van der Waals surface area (Å²) in [4.78, 5) is 26.0. The van der Waals surface area contributed by atoms with E-state index in [1.54, 1.807) is 43.8 Å². The van der Waals surface area contributed by atoms with Gasteiger partial charge >= 0.3 is 0 Å². The highest BCUT2D eigenvalue weighted by molar-refractivity contribution is 6.08. The number of carbonyl (C=O) groups is 1. The van der Waals surface area contributed by atoms with E-state index >= 15 is 0 Å². The molecule has 0 saturated carbocycles. The van der Waals surface area contributed by atoms with Gasteiger partial charge in [0.2, 0.25) is 5.95 Å². The molecule has 0 unspecified atom stereocenters. The van der Waals surface area contributed by atoms with Gasteiger partial charge in [0.1, 0.15) is 5.75 Å². The lowest BCUT2D eigenvalue weighted by Crippen LogP contribution is -2.44. The molecule has 4 rings (SSSR count). The van der Waals surface area contributed by atoms with Gasteiger partial charge in [-0.1, -0.05) is 24.3 Å². The molecule has 0 amide bonds. The Morgan fingerprint density at radius 2 is 1.71 bits per heavy atom. The second-order valence-corrected chi connectivity index (χ2v) is 7.67. The molecule has 0 aliphatic carbocycles. The number of nitrogens with zero attached hydrogens (tertiary/aromatic N) is 4. The number of rotatable bonds is 7. The highest BCUT2D eigenvalue weighted by Crippen LogP contribution is 2.18. The number of nitrogens with one attached hydrogen (secondary N) is 1. The van der Waals surface area contributed by atoms with Crippen LogP contribution in [0.1, 0.15) is 21.5 Å². The number of hydrogen-bond donors (Lipinski definition) is 1. The third kappa shape index (κ3) is 5.19. The summed E-state index contributed by atoms with van der Waals surface area (Å²) >= 11 is 0. The van der Waals surface area contributed by atoms with Crippen LogP contribution >= 0.6 is 0 Å². The highest BCUT2D eigenvalue weighted by Gasteiger charge is 2.14. The zero-order valence-corrected chi connectivity index (χ0v) is 17.9. The summed E-state index contributed by atoms with van der Waals surface area (Å²) in [5.74, 6) is 0.999. The van der Waals surface area contributed by atoms with Gasteiger partial charge in [-0.2, -0.15) is 0 Å². The zero-order chi connectivity index (χ0) is 21.6. The summed E-state index contributed by atoms with van der Waals surface area (Å²) in [6.07, 6.45) is 3.10. The number of carbonyl (C=O) groups excluding carboxylic acids is 1. The fourth-order valence-corrected chi connectivity index (χ4v) is 3.54. The molecule has 2 heterocycles. The van der Waals surface area contributed by atoms with Crippen LogP contribution in [0.15, 0.2) is 60.9 Å². The summed E-state index contributed by atoms with van der Waals surface area (Å²) < 4.78 is 5.18. The molecule has 1 N–H and O–H groups in total. The number of aromatic nitrogens is 2. The number of ketones is 1. The van der Waals surface area contributed by atoms with E-state index in [0.29, 0.717) is 29.4 Å². The third-order valence-corrected chi connectivity index (χ3v) is 5.50. The molecule has 2 aromatic carbocycles. The molecule has 0 spiro atoms. The Balaban J connectivity index is 1.33. The van der Waals surface area contributed by atoms with Gasteiger partial charge in [-0.3, -0.25) is 4.79 Å². The Bertz CT molecular complexity index is 1010. The van der Waals surface area contributed by atoms with Crippen molar-refractivity contribution in [3.63, 3.8) is 0 Å². The van der Waals surface area contributed by atoms with Crippen LogP contribution in [0, 0.1) is 0 Å². The first kappa shape index (κ1) is 20.8. The van der Waals surface area contributed by atoms with Gasteiger partial charge in [-0.15, -0.1) is 0 Å². The van der Waals surface area contributed by atoms with Gasteiger partial charge in [0.25, 0.3) is 0 Å². The topological polar surface area (TPSA) is 70.6 Å². The summed E-state index contributed by atoms with van der Waals surface area (Å²) in [6, 6.07) is 15.6. The Kier molecular flexibility index (Phi) is 6.43. The van der Waals surface area contributed by atoms with E-state index in [-0.39, 0.29) is 5.78 Å².